The molecule has 0 aliphatic carbocycles. The first-order chi connectivity index (χ1) is 15.4. The smallest absolute Gasteiger partial charge is 0.266 e. The zero-order valence-corrected chi connectivity index (χ0v) is 19.1. The minimum absolute atomic E-state index is 0.132. The van der Waals surface area contributed by atoms with Crippen LogP contribution in [0.15, 0.2) is 66.2 Å². The lowest BCUT2D eigenvalue weighted by molar-refractivity contribution is -0.112. The van der Waals surface area contributed by atoms with Crippen LogP contribution < -0.4 is 14.8 Å². The highest BCUT2D eigenvalue weighted by Gasteiger charge is 2.15. The van der Waals surface area contributed by atoms with Gasteiger partial charge in [0.1, 0.15) is 18.2 Å². The van der Waals surface area contributed by atoms with Crippen LogP contribution in [0.25, 0.3) is 6.08 Å². The van der Waals surface area contributed by atoms with Gasteiger partial charge in [-0.2, -0.15) is 5.26 Å². The molecule has 0 saturated carbocycles. The molecule has 0 saturated heterocycles. The summed E-state index contributed by atoms with van der Waals surface area (Å²) in [7, 11) is 1.50. The second-order valence-electron chi connectivity index (χ2n) is 6.51. The Morgan fingerprint density at radius 2 is 1.69 bits per heavy atom. The van der Waals surface area contributed by atoms with Crippen molar-refractivity contribution in [2.45, 2.75) is 6.61 Å². The van der Waals surface area contributed by atoms with Gasteiger partial charge in [-0.1, -0.05) is 65.1 Å². The average Bonchev–Trinajstić information content (AvgIpc) is 2.79. The van der Waals surface area contributed by atoms with Gasteiger partial charge >= 0.3 is 0 Å². The predicted octanol–water partition coefficient (Wildman–Crippen LogP) is 6.78. The fraction of sp³-hybridized carbons (Fsp3) is 0.0833. The SMILES string of the molecule is COc1cc(/C=C(\C#N)C(=O)Nc2c(Cl)cccc2Cl)ccc1OCc1ccccc1Cl. The molecule has 0 radical (unpaired) electrons. The molecule has 0 unspecified atom stereocenters. The second kappa shape index (κ2) is 10.9. The number of halogens is 3. The van der Waals surface area contributed by atoms with E-state index in [4.69, 9.17) is 44.3 Å². The van der Waals surface area contributed by atoms with E-state index in [1.807, 2.05) is 24.3 Å². The van der Waals surface area contributed by atoms with Crippen molar-refractivity contribution in [3.8, 4) is 17.6 Å². The number of nitrogens with one attached hydrogen (secondary N) is 1. The van der Waals surface area contributed by atoms with Crippen LogP contribution in [0.4, 0.5) is 5.69 Å². The zero-order chi connectivity index (χ0) is 23.1. The lowest BCUT2D eigenvalue weighted by Gasteiger charge is -2.12. The summed E-state index contributed by atoms with van der Waals surface area (Å²) in [4.78, 5) is 12.6. The number of para-hydroxylation sites is 1. The molecule has 1 amide bonds. The minimum atomic E-state index is -0.638. The number of anilines is 1. The van der Waals surface area contributed by atoms with Crippen LogP contribution in [0.3, 0.4) is 0 Å². The number of carbonyl (C=O) groups is 1. The molecule has 162 valence electrons. The molecule has 0 bridgehead atoms. The van der Waals surface area contributed by atoms with Crippen molar-refractivity contribution in [3.05, 3.63) is 92.4 Å². The number of methoxy groups -OCH3 is 1. The summed E-state index contributed by atoms with van der Waals surface area (Å²) in [6.45, 7) is 0.260. The standard InChI is InChI=1S/C24H17Cl3N2O3/c1-31-22-12-15(9-10-21(22)32-14-16-5-2-3-6-18(16)25)11-17(13-28)24(30)29-23-19(26)7-4-8-20(23)27/h2-12H,14H2,1H3,(H,29,30)/b17-11+. The molecule has 3 aromatic carbocycles. The van der Waals surface area contributed by atoms with E-state index in [0.29, 0.717) is 22.1 Å². The Hall–Kier alpha value is -3.17. The maximum Gasteiger partial charge on any atom is 0.266 e. The van der Waals surface area contributed by atoms with E-state index in [-0.39, 0.29) is 27.9 Å². The number of ether oxygens (including phenoxy) is 2. The number of rotatable bonds is 7. The lowest BCUT2D eigenvalue weighted by atomic mass is 10.1. The van der Waals surface area contributed by atoms with Crippen LogP contribution >= 0.6 is 34.8 Å². The summed E-state index contributed by atoms with van der Waals surface area (Å²) < 4.78 is 11.2. The molecule has 0 heterocycles. The van der Waals surface area contributed by atoms with Gasteiger partial charge in [0.25, 0.3) is 5.91 Å². The molecule has 3 rings (SSSR count). The summed E-state index contributed by atoms with van der Waals surface area (Å²) in [6.07, 6.45) is 1.43. The number of hydrogen-bond acceptors (Lipinski definition) is 4. The van der Waals surface area contributed by atoms with E-state index in [0.717, 1.165) is 5.56 Å². The highest BCUT2D eigenvalue weighted by atomic mass is 35.5. The Balaban J connectivity index is 1.79. The van der Waals surface area contributed by atoms with Crippen LogP contribution in [0.1, 0.15) is 11.1 Å². The number of nitrogens with zero attached hydrogens (tertiary/aromatic N) is 1. The van der Waals surface area contributed by atoms with Crippen LogP contribution in [0, 0.1) is 11.3 Å². The molecule has 0 fully saturated rings. The molecular formula is C24H17Cl3N2O3. The lowest BCUT2D eigenvalue weighted by Crippen LogP contribution is -2.14. The third-order valence-electron chi connectivity index (χ3n) is 4.41. The fourth-order valence-corrected chi connectivity index (χ4v) is 3.46. The number of nitriles is 1. The van der Waals surface area contributed by atoms with Crippen molar-refractivity contribution in [2.24, 2.45) is 0 Å². The number of hydrogen-bond donors (Lipinski definition) is 1. The van der Waals surface area contributed by atoms with Gasteiger partial charge in [-0.25, -0.2) is 0 Å². The van der Waals surface area contributed by atoms with E-state index < -0.39 is 5.91 Å². The molecule has 0 aromatic heterocycles. The van der Waals surface area contributed by atoms with E-state index in [1.165, 1.54) is 13.2 Å². The third-order valence-corrected chi connectivity index (χ3v) is 5.40. The first-order valence-electron chi connectivity index (χ1n) is 9.34. The van der Waals surface area contributed by atoms with Gasteiger partial charge in [-0.3, -0.25) is 4.79 Å². The van der Waals surface area contributed by atoms with Crippen LogP contribution in [0.2, 0.25) is 15.1 Å². The Labute approximate surface area is 200 Å². The number of benzene rings is 3. The van der Waals surface area contributed by atoms with Crippen molar-refractivity contribution < 1.29 is 14.3 Å². The molecule has 0 atom stereocenters. The first-order valence-corrected chi connectivity index (χ1v) is 10.5. The van der Waals surface area contributed by atoms with E-state index in [1.54, 1.807) is 42.5 Å². The minimum Gasteiger partial charge on any atom is -0.493 e. The molecule has 8 heteroatoms. The van der Waals surface area contributed by atoms with Gasteiger partial charge < -0.3 is 14.8 Å². The maximum absolute atomic E-state index is 12.6. The van der Waals surface area contributed by atoms with Gasteiger partial charge in [-0.15, -0.1) is 0 Å². The first kappa shape index (κ1) is 23.5. The van der Waals surface area contributed by atoms with Gasteiger partial charge in [0.2, 0.25) is 0 Å². The Morgan fingerprint density at radius 3 is 2.34 bits per heavy atom. The molecule has 0 aliphatic rings. The van der Waals surface area contributed by atoms with Crippen molar-refractivity contribution in [1.82, 2.24) is 0 Å². The number of carbonyl (C=O) groups excluding carboxylic acids is 1. The molecule has 3 aromatic rings. The topological polar surface area (TPSA) is 71.3 Å². The Morgan fingerprint density at radius 1 is 1.00 bits per heavy atom. The van der Waals surface area contributed by atoms with Gasteiger partial charge in [0, 0.05) is 10.6 Å². The van der Waals surface area contributed by atoms with E-state index in [9.17, 15) is 10.1 Å². The summed E-state index contributed by atoms with van der Waals surface area (Å²) in [6, 6.07) is 19.2. The molecule has 32 heavy (non-hydrogen) atoms. The fourth-order valence-electron chi connectivity index (χ4n) is 2.78. The van der Waals surface area contributed by atoms with Crippen molar-refractivity contribution >= 4 is 52.5 Å². The summed E-state index contributed by atoms with van der Waals surface area (Å²) in [5, 5.41) is 13.2. The number of amides is 1. The van der Waals surface area contributed by atoms with Crippen molar-refractivity contribution in [2.75, 3.05) is 12.4 Å². The monoisotopic (exact) mass is 486 g/mol. The van der Waals surface area contributed by atoms with E-state index in [2.05, 4.69) is 5.32 Å². The highest BCUT2D eigenvalue weighted by molar-refractivity contribution is 6.40. The molecule has 0 aliphatic heterocycles. The average molecular weight is 488 g/mol. The summed E-state index contributed by atoms with van der Waals surface area (Å²) >= 11 is 18.3. The third kappa shape index (κ3) is 5.74. The maximum atomic E-state index is 12.6. The predicted molar refractivity (Wildman–Crippen MR) is 127 cm³/mol. The van der Waals surface area contributed by atoms with Gasteiger partial charge in [0.15, 0.2) is 11.5 Å². The molecule has 0 spiro atoms. The van der Waals surface area contributed by atoms with Gasteiger partial charge in [-0.05, 0) is 42.0 Å². The Kier molecular flexibility index (Phi) is 8.02. The van der Waals surface area contributed by atoms with Crippen molar-refractivity contribution in [3.63, 3.8) is 0 Å². The molecule has 1 N–H and O–H groups in total. The normalized spacial score (nSPS) is 10.9. The zero-order valence-electron chi connectivity index (χ0n) is 16.9. The Bertz CT molecular complexity index is 1200. The van der Waals surface area contributed by atoms with Crippen LogP contribution in [-0.2, 0) is 11.4 Å². The van der Waals surface area contributed by atoms with Crippen molar-refractivity contribution in [1.29, 1.82) is 5.26 Å². The largest absolute Gasteiger partial charge is 0.493 e. The highest BCUT2D eigenvalue weighted by Crippen LogP contribution is 2.32. The molecule has 5 nitrogen and oxygen atoms in total. The molecular weight excluding hydrogens is 471 g/mol. The quantitative estimate of drug-likeness (QED) is 0.294. The second-order valence-corrected chi connectivity index (χ2v) is 7.73. The summed E-state index contributed by atoms with van der Waals surface area (Å²) in [5.74, 6) is 0.300. The van der Waals surface area contributed by atoms with Crippen LogP contribution in [0.5, 0.6) is 11.5 Å². The van der Waals surface area contributed by atoms with Crippen LogP contribution in [-0.4, -0.2) is 13.0 Å². The van der Waals surface area contributed by atoms with E-state index >= 15 is 0 Å². The van der Waals surface area contributed by atoms with Gasteiger partial charge in [0.05, 0.1) is 22.8 Å². The summed E-state index contributed by atoms with van der Waals surface area (Å²) in [5.41, 5.74) is 1.52.